The molecule has 7 heteroatoms. The van der Waals surface area contributed by atoms with E-state index < -0.39 is 5.41 Å². The van der Waals surface area contributed by atoms with Gasteiger partial charge in [-0.3, -0.25) is 4.79 Å². The van der Waals surface area contributed by atoms with E-state index in [0.29, 0.717) is 11.1 Å². The number of thioether (sulfide) groups is 1. The van der Waals surface area contributed by atoms with Gasteiger partial charge >= 0.3 is 0 Å². The molecule has 0 spiro atoms. The fourth-order valence-electron chi connectivity index (χ4n) is 1.76. The van der Waals surface area contributed by atoms with Gasteiger partial charge in [0.2, 0.25) is 5.91 Å². The quantitative estimate of drug-likeness (QED) is 0.818. The van der Waals surface area contributed by atoms with Crippen molar-refractivity contribution < 1.29 is 4.79 Å². The van der Waals surface area contributed by atoms with Gasteiger partial charge in [-0.15, -0.1) is 10.2 Å². The molecule has 6 nitrogen and oxygen atoms in total. The minimum atomic E-state index is -0.740. The Kier molecular flexibility index (Phi) is 3.66. The Labute approximate surface area is 104 Å². The summed E-state index contributed by atoms with van der Waals surface area (Å²) in [6.45, 7) is 4.33. The van der Waals surface area contributed by atoms with Gasteiger partial charge in [0.05, 0.1) is 0 Å². The van der Waals surface area contributed by atoms with E-state index in [9.17, 15) is 4.79 Å². The van der Waals surface area contributed by atoms with Crippen molar-refractivity contribution in [3.05, 3.63) is 5.82 Å². The van der Waals surface area contributed by atoms with Crippen LogP contribution in [0.5, 0.6) is 0 Å². The van der Waals surface area contributed by atoms with Gasteiger partial charge in [0, 0.05) is 11.8 Å². The van der Waals surface area contributed by atoms with Crippen molar-refractivity contribution in [1.29, 1.82) is 0 Å². The van der Waals surface area contributed by atoms with E-state index in [-0.39, 0.29) is 5.91 Å². The summed E-state index contributed by atoms with van der Waals surface area (Å²) in [5.41, 5.74) is -0.740. The maximum absolute atomic E-state index is 12.1. The molecule has 2 N–H and O–H groups in total. The lowest BCUT2D eigenvalue weighted by Gasteiger charge is -2.20. The number of rotatable bonds is 4. The smallest absolute Gasteiger partial charge is 0.233 e. The molecule has 2 rings (SSSR count). The highest BCUT2D eigenvalue weighted by Gasteiger charge is 2.34. The molecule has 0 aliphatic carbocycles. The normalized spacial score (nSPS) is 20.5. The molecule has 17 heavy (non-hydrogen) atoms. The summed E-state index contributed by atoms with van der Waals surface area (Å²) in [7, 11) is 0. The molecule has 1 amide bonds. The summed E-state index contributed by atoms with van der Waals surface area (Å²) < 4.78 is 0. The Bertz CT molecular complexity index is 372. The Hall–Kier alpha value is -1.11. The van der Waals surface area contributed by atoms with Crippen molar-refractivity contribution in [2.24, 2.45) is 0 Å². The molecule has 0 radical (unpaired) electrons. The highest BCUT2D eigenvalue weighted by molar-refractivity contribution is 8.00. The largest absolute Gasteiger partial charge is 0.354 e. The Morgan fingerprint density at radius 3 is 3.06 bits per heavy atom. The second kappa shape index (κ2) is 5.03. The van der Waals surface area contributed by atoms with Crippen LogP contribution in [0.25, 0.3) is 0 Å². The number of amides is 1. The molecule has 94 valence electrons. The van der Waals surface area contributed by atoms with E-state index in [1.807, 2.05) is 11.8 Å². The summed E-state index contributed by atoms with van der Waals surface area (Å²) in [5, 5.41) is 17.1. The number of H-pyrrole nitrogens is 1. The first-order valence-corrected chi connectivity index (χ1v) is 6.79. The van der Waals surface area contributed by atoms with Gasteiger partial charge in [-0.05, 0) is 32.4 Å². The number of carbonyl (C=O) groups excluding carboxylic acids is 1. The van der Waals surface area contributed by atoms with Crippen molar-refractivity contribution in [3.8, 4) is 0 Å². The van der Waals surface area contributed by atoms with Gasteiger partial charge < -0.3 is 5.32 Å². The molecule has 0 bridgehead atoms. The molecule has 1 atom stereocenters. The van der Waals surface area contributed by atoms with Gasteiger partial charge in [0.25, 0.3) is 0 Å². The molecule has 1 aromatic heterocycles. The first-order valence-electron chi connectivity index (χ1n) is 5.74. The lowest BCUT2D eigenvalue weighted by molar-refractivity contribution is -0.125. The van der Waals surface area contributed by atoms with Crippen LogP contribution in [-0.4, -0.2) is 44.1 Å². The van der Waals surface area contributed by atoms with Gasteiger partial charge in [-0.1, -0.05) is 5.21 Å². The van der Waals surface area contributed by atoms with E-state index >= 15 is 0 Å². The van der Waals surface area contributed by atoms with Gasteiger partial charge in [-0.25, -0.2) is 0 Å². The van der Waals surface area contributed by atoms with Crippen LogP contribution in [0.1, 0.15) is 32.5 Å². The van der Waals surface area contributed by atoms with Crippen LogP contribution in [-0.2, 0) is 10.2 Å². The zero-order valence-corrected chi connectivity index (χ0v) is 10.9. The first-order chi connectivity index (χ1) is 8.10. The fraction of sp³-hybridized carbons (Fsp3) is 0.800. The maximum atomic E-state index is 12.1. The van der Waals surface area contributed by atoms with Crippen LogP contribution in [0.3, 0.4) is 0 Å². The molecule has 1 fully saturated rings. The highest BCUT2D eigenvalue weighted by Crippen LogP contribution is 2.26. The van der Waals surface area contributed by atoms with Crippen LogP contribution < -0.4 is 5.32 Å². The molecular weight excluding hydrogens is 238 g/mol. The summed E-state index contributed by atoms with van der Waals surface area (Å²) in [4.78, 5) is 12.1. The summed E-state index contributed by atoms with van der Waals surface area (Å²) in [6, 6.07) is 0. The fourth-order valence-corrected chi connectivity index (χ4v) is 2.96. The van der Waals surface area contributed by atoms with E-state index in [1.165, 1.54) is 18.6 Å². The van der Waals surface area contributed by atoms with Gasteiger partial charge in [0.1, 0.15) is 5.41 Å². The average molecular weight is 255 g/mol. The number of carbonyl (C=O) groups is 1. The van der Waals surface area contributed by atoms with Crippen molar-refractivity contribution in [1.82, 2.24) is 25.9 Å². The number of aromatic nitrogens is 4. The molecule has 1 saturated heterocycles. The summed E-state index contributed by atoms with van der Waals surface area (Å²) in [6.07, 6.45) is 2.44. The third kappa shape index (κ3) is 2.77. The summed E-state index contributed by atoms with van der Waals surface area (Å²) >= 11 is 1.93. The lowest BCUT2D eigenvalue weighted by Crippen LogP contribution is -2.43. The van der Waals surface area contributed by atoms with Gasteiger partial charge in [0.15, 0.2) is 5.82 Å². The second-order valence-corrected chi connectivity index (χ2v) is 6.11. The number of tetrazole rings is 1. The molecule has 1 aromatic rings. The lowest BCUT2D eigenvalue weighted by atomic mass is 9.91. The first kappa shape index (κ1) is 12.3. The van der Waals surface area contributed by atoms with Crippen molar-refractivity contribution >= 4 is 17.7 Å². The van der Waals surface area contributed by atoms with Crippen LogP contribution in [0.15, 0.2) is 0 Å². The molecule has 0 saturated carbocycles. The SMILES string of the molecule is CC(C)(C(=O)NCC1CCCS1)c1nn[nH]n1. The Morgan fingerprint density at radius 2 is 2.47 bits per heavy atom. The molecule has 2 heterocycles. The third-order valence-electron chi connectivity index (χ3n) is 2.99. The minimum Gasteiger partial charge on any atom is -0.354 e. The van der Waals surface area contributed by atoms with Gasteiger partial charge in [-0.2, -0.15) is 17.0 Å². The summed E-state index contributed by atoms with van der Waals surface area (Å²) in [5.74, 6) is 1.58. The van der Waals surface area contributed by atoms with E-state index in [0.717, 1.165) is 6.54 Å². The zero-order valence-electron chi connectivity index (χ0n) is 10.1. The topological polar surface area (TPSA) is 83.6 Å². The standard InChI is InChI=1S/C10H17N5OS/c1-10(2,8-12-14-15-13-8)9(16)11-6-7-4-3-5-17-7/h7H,3-6H2,1-2H3,(H,11,16)(H,12,13,14,15). The van der Waals surface area contributed by atoms with Crippen molar-refractivity contribution in [2.45, 2.75) is 37.4 Å². The number of aromatic amines is 1. The maximum Gasteiger partial charge on any atom is 0.233 e. The predicted octanol–water partition coefficient (Wildman–Crippen LogP) is 0.489. The van der Waals surface area contributed by atoms with E-state index in [4.69, 9.17) is 0 Å². The average Bonchev–Trinajstić information content (AvgIpc) is 2.98. The van der Waals surface area contributed by atoms with Crippen molar-refractivity contribution in [3.63, 3.8) is 0 Å². The number of hydrogen-bond donors (Lipinski definition) is 2. The monoisotopic (exact) mass is 255 g/mol. The number of hydrogen-bond acceptors (Lipinski definition) is 5. The zero-order chi connectivity index (χ0) is 12.3. The van der Waals surface area contributed by atoms with Crippen molar-refractivity contribution in [2.75, 3.05) is 12.3 Å². The molecule has 1 unspecified atom stereocenters. The number of nitrogens with one attached hydrogen (secondary N) is 2. The van der Waals surface area contributed by atoms with Crippen LogP contribution in [0.2, 0.25) is 0 Å². The molecule has 1 aliphatic heterocycles. The van der Waals surface area contributed by atoms with E-state index in [2.05, 4.69) is 25.9 Å². The molecular formula is C10H17N5OS. The molecule has 0 aromatic carbocycles. The Morgan fingerprint density at radius 1 is 1.65 bits per heavy atom. The number of nitrogens with zero attached hydrogens (tertiary/aromatic N) is 3. The molecule has 1 aliphatic rings. The Balaban J connectivity index is 1.90. The second-order valence-electron chi connectivity index (χ2n) is 4.71. The highest BCUT2D eigenvalue weighted by atomic mass is 32.2. The van der Waals surface area contributed by atoms with Crippen LogP contribution >= 0.6 is 11.8 Å². The third-order valence-corrected chi connectivity index (χ3v) is 4.38. The van der Waals surface area contributed by atoms with Crippen LogP contribution in [0, 0.1) is 0 Å². The predicted molar refractivity (Wildman–Crippen MR) is 65.7 cm³/mol. The minimum absolute atomic E-state index is 0.0496. The van der Waals surface area contributed by atoms with Crippen LogP contribution in [0.4, 0.5) is 0 Å². The van der Waals surface area contributed by atoms with E-state index in [1.54, 1.807) is 13.8 Å².